The first-order valence-corrected chi connectivity index (χ1v) is 9.42. The predicted octanol–water partition coefficient (Wildman–Crippen LogP) is 1.74. The van der Waals surface area contributed by atoms with Crippen molar-refractivity contribution in [2.24, 2.45) is 0 Å². The van der Waals surface area contributed by atoms with Crippen molar-refractivity contribution in [2.45, 2.75) is 19.6 Å². The first-order chi connectivity index (χ1) is 8.09. The first kappa shape index (κ1) is 15.1. The van der Waals surface area contributed by atoms with Gasteiger partial charge in [-0.05, 0) is 16.3 Å². The van der Waals surface area contributed by atoms with Gasteiger partial charge in [-0.25, -0.2) is 0 Å². The van der Waals surface area contributed by atoms with E-state index < -0.39 is 8.07 Å². The van der Waals surface area contributed by atoms with Gasteiger partial charge in [0.2, 0.25) is 0 Å². The third kappa shape index (κ3) is 3.52. The topological polar surface area (TPSA) is 14.1 Å². The van der Waals surface area contributed by atoms with Crippen LogP contribution < -0.4 is 18.9 Å². The summed E-state index contributed by atoms with van der Waals surface area (Å²) in [4.78, 5) is 0. The molecule has 0 bridgehead atoms. The molecule has 2 rings (SSSR count). The first-order valence-electron chi connectivity index (χ1n) is 5.92. The van der Waals surface area contributed by atoms with E-state index in [-0.39, 0.29) is 18.9 Å². The van der Waals surface area contributed by atoms with Crippen LogP contribution in [0.2, 0.25) is 19.6 Å². The van der Waals surface area contributed by atoms with Crippen LogP contribution in [0.3, 0.4) is 0 Å². The van der Waals surface area contributed by atoms with Crippen LogP contribution in [-0.2, 0) is 0 Å². The van der Waals surface area contributed by atoms with Gasteiger partial charge in [-0.3, -0.25) is 0 Å². The molecule has 0 saturated heterocycles. The normalized spacial score (nSPS) is 13.8. The Hall–Kier alpha value is -0.946. The molecule has 0 aliphatic carbocycles. The van der Waals surface area contributed by atoms with E-state index in [1.807, 2.05) is 12.4 Å². The zero-order valence-corrected chi connectivity index (χ0v) is 12.6. The third-order valence-electron chi connectivity index (χ3n) is 2.78. The molecule has 0 unspecified atom stereocenters. The van der Waals surface area contributed by atoms with Gasteiger partial charge in [-0.15, -0.1) is 0 Å². The minimum Gasteiger partial charge on any atom is -0.670 e. The number of hydrogen-bond acceptors (Lipinski definition) is 0. The minimum absolute atomic E-state index is 0. The standard InChI is InChI=1S/C15H18NSi.Li/c1-17(2,3)15(13-7-5-4-6-8-13)14-9-11-16-12-10-14;/h4-12H,1-3H3;/q-1;+1. The summed E-state index contributed by atoms with van der Waals surface area (Å²) in [5.74, 6) is 0. The van der Waals surface area contributed by atoms with Crippen molar-refractivity contribution in [3.8, 4) is 0 Å². The van der Waals surface area contributed by atoms with Crippen LogP contribution in [0.4, 0.5) is 0 Å². The summed E-state index contributed by atoms with van der Waals surface area (Å²) in [7, 11) is -1.38. The number of benzene rings is 1. The van der Waals surface area contributed by atoms with E-state index in [1.54, 1.807) is 0 Å². The fraction of sp³-hybridized carbons (Fsp3) is 0.200. The largest absolute Gasteiger partial charge is 1.00 e. The summed E-state index contributed by atoms with van der Waals surface area (Å²) in [5.41, 5.74) is 2.66. The molecule has 1 nitrogen and oxygen atoms in total. The maximum Gasteiger partial charge on any atom is 1.00 e. The average Bonchev–Trinajstić information content (AvgIpc) is 2.30. The number of nitrogens with zero attached hydrogens (tertiary/aromatic N) is 1. The van der Waals surface area contributed by atoms with Crippen molar-refractivity contribution >= 4 is 13.3 Å². The monoisotopic (exact) mass is 247 g/mol. The van der Waals surface area contributed by atoms with Crippen molar-refractivity contribution in [3.05, 3.63) is 71.3 Å². The van der Waals surface area contributed by atoms with Crippen LogP contribution in [0.1, 0.15) is 5.56 Å². The number of rotatable bonds is 2. The van der Waals surface area contributed by atoms with Gasteiger partial charge < -0.3 is 5.32 Å². The van der Waals surface area contributed by atoms with Gasteiger partial charge in [-0.2, -0.15) is 12.4 Å². The van der Waals surface area contributed by atoms with Crippen molar-refractivity contribution in [3.63, 3.8) is 0 Å². The van der Waals surface area contributed by atoms with E-state index in [9.17, 15) is 0 Å². The van der Waals surface area contributed by atoms with Gasteiger partial charge in [0.1, 0.15) is 0 Å². The molecule has 0 amide bonds. The van der Waals surface area contributed by atoms with Gasteiger partial charge >= 0.3 is 18.9 Å². The molecule has 0 radical (unpaired) electrons. The second-order valence-electron chi connectivity index (χ2n) is 5.23. The van der Waals surface area contributed by atoms with E-state index in [4.69, 9.17) is 0 Å². The molecule has 0 saturated carbocycles. The average molecular weight is 247 g/mol. The second-order valence-corrected chi connectivity index (χ2v) is 10.2. The van der Waals surface area contributed by atoms with Gasteiger partial charge in [0.25, 0.3) is 0 Å². The van der Waals surface area contributed by atoms with E-state index in [1.165, 1.54) is 16.3 Å². The molecule has 1 aliphatic rings. The zero-order valence-electron chi connectivity index (χ0n) is 11.6. The fourth-order valence-corrected chi connectivity index (χ4v) is 4.22. The fourth-order valence-electron chi connectivity index (χ4n) is 2.16. The van der Waals surface area contributed by atoms with Crippen LogP contribution in [0.5, 0.6) is 0 Å². The molecule has 0 fully saturated rings. The van der Waals surface area contributed by atoms with Gasteiger partial charge in [0.05, 0.1) is 8.07 Å². The van der Waals surface area contributed by atoms with Crippen LogP contribution >= 0.6 is 0 Å². The molecule has 18 heavy (non-hydrogen) atoms. The SMILES string of the molecule is C[Si](C)(C)C(=C1C=C[N-]C=C1)c1ccccc1.[Li+]. The van der Waals surface area contributed by atoms with E-state index in [2.05, 4.69) is 67.4 Å². The quantitative estimate of drug-likeness (QED) is 0.707. The van der Waals surface area contributed by atoms with Crippen LogP contribution in [0.15, 0.2) is 60.5 Å². The summed E-state index contributed by atoms with van der Waals surface area (Å²) >= 11 is 0. The summed E-state index contributed by atoms with van der Waals surface area (Å²) in [6.45, 7) is 7.15. The molecule has 3 heteroatoms. The summed E-state index contributed by atoms with van der Waals surface area (Å²) in [6, 6.07) is 10.7. The Morgan fingerprint density at radius 1 is 0.944 bits per heavy atom. The van der Waals surface area contributed by atoms with Gasteiger partial charge in [-0.1, -0.05) is 62.1 Å². The predicted molar refractivity (Wildman–Crippen MR) is 78.3 cm³/mol. The van der Waals surface area contributed by atoms with E-state index >= 15 is 0 Å². The van der Waals surface area contributed by atoms with E-state index in [0.717, 1.165) is 0 Å². The zero-order chi connectivity index (χ0) is 12.3. The molecule has 1 heterocycles. The Labute approximate surface area is 123 Å². The number of allylic oxidation sites excluding steroid dienone is 3. The summed E-state index contributed by atoms with van der Waals surface area (Å²) in [5, 5.41) is 5.61. The molecule has 0 aromatic heterocycles. The van der Waals surface area contributed by atoms with Crippen LogP contribution in [0, 0.1) is 0 Å². The van der Waals surface area contributed by atoms with Crippen molar-refractivity contribution in [1.29, 1.82) is 0 Å². The van der Waals surface area contributed by atoms with Crippen LogP contribution in [-0.4, -0.2) is 8.07 Å². The summed E-state index contributed by atoms with van der Waals surface area (Å²) < 4.78 is 0. The molecule has 1 aromatic carbocycles. The van der Waals surface area contributed by atoms with E-state index in [0.29, 0.717) is 0 Å². The Morgan fingerprint density at radius 2 is 1.50 bits per heavy atom. The maximum atomic E-state index is 4.11. The third-order valence-corrected chi connectivity index (χ3v) is 4.86. The maximum absolute atomic E-state index is 4.11. The molecule has 0 atom stereocenters. The molecule has 1 aromatic rings. The van der Waals surface area contributed by atoms with Gasteiger partial charge in [0, 0.05) is 0 Å². The second kappa shape index (κ2) is 6.29. The number of hydrogen-bond donors (Lipinski definition) is 0. The summed E-state index contributed by atoms with van der Waals surface area (Å²) in [6.07, 6.45) is 7.97. The molecule has 88 valence electrons. The van der Waals surface area contributed by atoms with Crippen molar-refractivity contribution in [1.82, 2.24) is 0 Å². The molecule has 0 spiro atoms. The minimum atomic E-state index is -1.38. The smallest absolute Gasteiger partial charge is 0.670 e. The Balaban J connectivity index is 0.00000162. The Kier molecular flexibility index (Phi) is 5.28. The van der Waals surface area contributed by atoms with Crippen LogP contribution in [0.25, 0.3) is 10.5 Å². The Morgan fingerprint density at radius 3 is 2.00 bits per heavy atom. The van der Waals surface area contributed by atoms with Gasteiger partial charge in [0.15, 0.2) is 0 Å². The molecule has 0 N–H and O–H groups in total. The van der Waals surface area contributed by atoms with Crippen molar-refractivity contribution < 1.29 is 18.9 Å². The molecular weight excluding hydrogens is 229 g/mol. The molecular formula is C15H18LiNSi. The Bertz CT molecular complexity index is 467. The molecule has 1 aliphatic heterocycles. The van der Waals surface area contributed by atoms with Crippen molar-refractivity contribution in [2.75, 3.05) is 0 Å².